The first-order chi connectivity index (χ1) is 8.69. The molecule has 0 aliphatic rings. The molecule has 1 aromatic carbocycles. The summed E-state index contributed by atoms with van der Waals surface area (Å²) in [5, 5.41) is 1.36. The van der Waals surface area contributed by atoms with Gasteiger partial charge in [0.2, 0.25) is 0 Å². The standard InChI is InChI=1S/C15H22N2S/c1-11-12(2)17(7-4-8-18-3)15-6-5-13(10-16)9-14(11)15/h5-6,9H,4,7-8,10,16H2,1-3H3. The highest BCUT2D eigenvalue weighted by Crippen LogP contribution is 2.26. The quantitative estimate of drug-likeness (QED) is 0.836. The second-order valence-corrected chi connectivity index (χ2v) is 5.75. The zero-order valence-corrected chi connectivity index (χ0v) is 12.3. The molecule has 0 atom stereocenters. The number of hydrogen-bond donors (Lipinski definition) is 1. The molecule has 0 aliphatic carbocycles. The fraction of sp³-hybridized carbons (Fsp3) is 0.467. The lowest BCUT2D eigenvalue weighted by atomic mass is 10.1. The van der Waals surface area contributed by atoms with Crippen LogP contribution in [0.15, 0.2) is 18.2 Å². The maximum absolute atomic E-state index is 5.72. The summed E-state index contributed by atoms with van der Waals surface area (Å²) < 4.78 is 2.45. The van der Waals surface area contributed by atoms with E-state index in [0.29, 0.717) is 6.54 Å². The summed E-state index contributed by atoms with van der Waals surface area (Å²) in [6.45, 7) is 6.16. The van der Waals surface area contributed by atoms with E-state index in [2.05, 4.69) is 42.9 Å². The number of nitrogens with two attached hydrogens (primary N) is 1. The molecule has 2 N–H and O–H groups in total. The Morgan fingerprint density at radius 2 is 2.06 bits per heavy atom. The molecule has 1 heterocycles. The monoisotopic (exact) mass is 262 g/mol. The Kier molecular flexibility index (Phi) is 4.36. The van der Waals surface area contributed by atoms with Crippen molar-refractivity contribution in [1.29, 1.82) is 0 Å². The zero-order chi connectivity index (χ0) is 13.1. The Hall–Kier alpha value is -0.930. The number of rotatable bonds is 5. The van der Waals surface area contributed by atoms with Crippen molar-refractivity contribution >= 4 is 22.7 Å². The van der Waals surface area contributed by atoms with Crippen LogP contribution in [0, 0.1) is 13.8 Å². The predicted molar refractivity (Wildman–Crippen MR) is 82.3 cm³/mol. The van der Waals surface area contributed by atoms with Crippen LogP contribution in [0.25, 0.3) is 10.9 Å². The van der Waals surface area contributed by atoms with Crippen molar-refractivity contribution in [3.8, 4) is 0 Å². The van der Waals surface area contributed by atoms with Crippen molar-refractivity contribution in [2.24, 2.45) is 5.73 Å². The first-order valence-corrected chi connectivity index (χ1v) is 7.85. The lowest BCUT2D eigenvalue weighted by Crippen LogP contribution is -2.01. The van der Waals surface area contributed by atoms with Gasteiger partial charge in [-0.1, -0.05) is 6.07 Å². The number of benzene rings is 1. The molecule has 0 spiro atoms. The smallest absolute Gasteiger partial charge is 0.0485 e. The van der Waals surface area contributed by atoms with E-state index in [9.17, 15) is 0 Å². The summed E-state index contributed by atoms with van der Waals surface area (Å²) in [5.41, 5.74) is 11.1. The third-order valence-corrected chi connectivity index (χ3v) is 4.37. The average Bonchev–Trinajstić information content (AvgIpc) is 2.63. The van der Waals surface area contributed by atoms with E-state index in [1.54, 1.807) is 0 Å². The van der Waals surface area contributed by atoms with Crippen molar-refractivity contribution in [1.82, 2.24) is 4.57 Å². The maximum Gasteiger partial charge on any atom is 0.0485 e. The molecule has 0 unspecified atom stereocenters. The first-order valence-electron chi connectivity index (χ1n) is 6.46. The summed E-state index contributed by atoms with van der Waals surface area (Å²) in [6.07, 6.45) is 3.39. The van der Waals surface area contributed by atoms with Gasteiger partial charge in [-0.2, -0.15) is 11.8 Å². The van der Waals surface area contributed by atoms with E-state index < -0.39 is 0 Å². The van der Waals surface area contributed by atoms with Crippen LogP contribution in [0.2, 0.25) is 0 Å². The number of thioether (sulfide) groups is 1. The summed E-state index contributed by atoms with van der Waals surface area (Å²) >= 11 is 1.92. The average molecular weight is 262 g/mol. The normalized spacial score (nSPS) is 11.3. The van der Waals surface area contributed by atoms with Gasteiger partial charge in [0.25, 0.3) is 0 Å². The molecule has 0 fully saturated rings. The SMILES string of the molecule is CSCCCn1c(C)c(C)c2cc(CN)ccc21. The van der Waals surface area contributed by atoms with Gasteiger partial charge in [0.15, 0.2) is 0 Å². The number of aryl methyl sites for hydroxylation is 2. The van der Waals surface area contributed by atoms with Crippen molar-refractivity contribution < 1.29 is 0 Å². The summed E-state index contributed by atoms with van der Waals surface area (Å²) in [4.78, 5) is 0. The Labute approximate surface area is 114 Å². The van der Waals surface area contributed by atoms with Gasteiger partial charge >= 0.3 is 0 Å². The summed E-state index contributed by atoms with van der Waals surface area (Å²) in [7, 11) is 0. The zero-order valence-electron chi connectivity index (χ0n) is 11.5. The van der Waals surface area contributed by atoms with Crippen molar-refractivity contribution in [3.63, 3.8) is 0 Å². The molecule has 0 aliphatic heterocycles. The third kappa shape index (κ3) is 2.43. The van der Waals surface area contributed by atoms with Crippen LogP contribution in [0.5, 0.6) is 0 Å². The minimum atomic E-state index is 0.617. The number of nitrogens with zero attached hydrogens (tertiary/aromatic N) is 1. The van der Waals surface area contributed by atoms with E-state index >= 15 is 0 Å². The molecule has 0 bridgehead atoms. The van der Waals surface area contributed by atoms with Gasteiger partial charge in [0.05, 0.1) is 0 Å². The van der Waals surface area contributed by atoms with Crippen LogP contribution >= 0.6 is 11.8 Å². The van der Waals surface area contributed by atoms with E-state index in [1.807, 2.05) is 11.8 Å². The van der Waals surface area contributed by atoms with Crippen LogP contribution in [-0.4, -0.2) is 16.6 Å². The Bertz CT molecular complexity index is 543. The van der Waals surface area contributed by atoms with Crippen LogP contribution in [-0.2, 0) is 13.1 Å². The molecule has 2 aromatic rings. The van der Waals surface area contributed by atoms with Gasteiger partial charge in [0.1, 0.15) is 0 Å². The molecular formula is C15H22N2S. The molecule has 2 nitrogen and oxygen atoms in total. The fourth-order valence-corrected chi connectivity index (χ4v) is 2.90. The first kappa shape index (κ1) is 13.5. The predicted octanol–water partition coefficient (Wildman–Crippen LogP) is 3.47. The molecule has 18 heavy (non-hydrogen) atoms. The second-order valence-electron chi connectivity index (χ2n) is 4.76. The lowest BCUT2D eigenvalue weighted by Gasteiger charge is -2.08. The molecule has 98 valence electrons. The van der Waals surface area contributed by atoms with Gasteiger partial charge in [-0.15, -0.1) is 0 Å². The molecule has 0 saturated carbocycles. The summed E-state index contributed by atoms with van der Waals surface area (Å²) in [6, 6.07) is 6.60. The van der Waals surface area contributed by atoms with Gasteiger partial charge in [-0.25, -0.2) is 0 Å². The highest BCUT2D eigenvalue weighted by molar-refractivity contribution is 7.98. The van der Waals surface area contributed by atoms with Crippen LogP contribution < -0.4 is 5.73 Å². The van der Waals surface area contributed by atoms with Gasteiger partial charge in [-0.05, 0) is 55.5 Å². The van der Waals surface area contributed by atoms with E-state index in [-0.39, 0.29) is 0 Å². The topological polar surface area (TPSA) is 30.9 Å². The minimum absolute atomic E-state index is 0.617. The van der Waals surface area contributed by atoms with Crippen molar-refractivity contribution in [3.05, 3.63) is 35.0 Å². The lowest BCUT2D eigenvalue weighted by molar-refractivity contribution is 0.689. The van der Waals surface area contributed by atoms with E-state index in [1.165, 1.54) is 39.9 Å². The van der Waals surface area contributed by atoms with Crippen LogP contribution in [0.1, 0.15) is 23.2 Å². The Balaban J connectivity index is 2.43. The fourth-order valence-electron chi connectivity index (χ4n) is 2.48. The van der Waals surface area contributed by atoms with Gasteiger partial charge in [0, 0.05) is 29.7 Å². The Morgan fingerprint density at radius 3 is 2.72 bits per heavy atom. The van der Waals surface area contributed by atoms with Gasteiger partial charge < -0.3 is 10.3 Å². The van der Waals surface area contributed by atoms with E-state index in [0.717, 1.165) is 6.54 Å². The van der Waals surface area contributed by atoms with E-state index in [4.69, 9.17) is 5.73 Å². The second kappa shape index (κ2) is 5.81. The highest BCUT2D eigenvalue weighted by Gasteiger charge is 2.10. The number of hydrogen-bond acceptors (Lipinski definition) is 2. The van der Waals surface area contributed by atoms with Crippen molar-refractivity contribution in [2.45, 2.75) is 33.4 Å². The molecule has 0 radical (unpaired) electrons. The molecular weight excluding hydrogens is 240 g/mol. The number of fused-ring (bicyclic) bond motifs is 1. The number of aromatic nitrogens is 1. The molecule has 2 rings (SSSR count). The van der Waals surface area contributed by atoms with Gasteiger partial charge in [-0.3, -0.25) is 0 Å². The van der Waals surface area contributed by atoms with Crippen LogP contribution in [0.3, 0.4) is 0 Å². The van der Waals surface area contributed by atoms with Crippen LogP contribution in [0.4, 0.5) is 0 Å². The summed E-state index contributed by atoms with van der Waals surface area (Å²) in [5.74, 6) is 1.22. The largest absolute Gasteiger partial charge is 0.345 e. The Morgan fingerprint density at radius 1 is 1.28 bits per heavy atom. The molecule has 3 heteroatoms. The molecule has 0 saturated heterocycles. The molecule has 1 aromatic heterocycles. The minimum Gasteiger partial charge on any atom is -0.345 e. The molecule has 0 amide bonds. The highest BCUT2D eigenvalue weighted by atomic mass is 32.2. The van der Waals surface area contributed by atoms with Crippen molar-refractivity contribution in [2.75, 3.05) is 12.0 Å². The third-order valence-electron chi connectivity index (χ3n) is 3.67. The maximum atomic E-state index is 5.72.